The average molecular weight is 364 g/mol. The van der Waals surface area contributed by atoms with Crippen LogP contribution in [0.5, 0.6) is 0 Å². The van der Waals surface area contributed by atoms with Gasteiger partial charge in [0.25, 0.3) is 5.91 Å². The smallest absolute Gasteiger partial charge is 0.253 e. The highest BCUT2D eigenvalue weighted by Crippen LogP contribution is 2.37. The second-order valence-corrected chi connectivity index (χ2v) is 7.56. The van der Waals surface area contributed by atoms with Crippen LogP contribution >= 0.6 is 11.6 Å². The number of nitrogens with zero attached hydrogens (tertiary/aromatic N) is 1. The van der Waals surface area contributed by atoms with Crippen molar-refractivity contribution in [2.75, 3.05) is 5.32 Å². The van der Waals surface area contributed by atoms with E-state index in [-0.39, 0.29) is 5.91 Å². The van der Waals surface area contributed by atoms with E-state index in [1.807, 2.05) is 32.9 Å². The van der Waals surface area contributed by atoms with Gasteiger partial charge in [-0.2, -0.15) is 0 Å². The summed E-state index contributed by atoms with van der Waals surface area (Å²) in [6.07, 6.45) is 4.82. The Morgan fingerprint density at radius 2 is 2.16 bits per heavy atom. The highest BCUT2D eigenvalue weighted by molar-refractivity contribution is 6.34. The lowest BCUT2D eigenvalue weighted by atomic mass is 9.94. The summed E-state index contributed by atoms with van der Waals surface area (Å²) in [5.41, 5.74) is 12.8. The number of anilines is 1. The van der Waals surface area contributed by atoms with E-state index in [1.54, 1.807) is 6.07 Å². The summed E-state index contributed by atoms with van der Waals surface area (Å²) in [6.45, 7) is 7.88. The SMILES string of the molecule is CCCC(C)(N)/C=C(\N=C/N)Nc1cc(Cl)c2c(c1)C(C)(C)NC2=O. The Hall–Kier alpha value is -2.05. The number of aliphatic imine (C=N–C) groups is 1. The van der Waals surface area contributed by atoms with Crippen molar-refractivity contribution in [2.24, 2.45) is 16.5 Å². The van der Waals surface area contributed by atoms with Gasteiger partial charge in [-0.15, -0.1) is 0 Å². The largest absolute Gasteiger partial charge is 0.390 e. The second kappa shape index (κ2) is 7.06. The zero-order valence-electron chi connectivity index (χ0n) is 15.1. The van der Waals surface area contributed by atoms with Crippen LogP contribution in [0.15, 0.2) is 29.0 Å². The van der Waals surface area contributed by atoms with Gasteiger partial charge in [-0.05, 0) is 51.0 Å². The molecule has 1 aliphatic rings. The summed E-state index contributed by atoms with van der Waals surface area (Å²) in [4.78, 5) is 16.3. The molecule has 1 atom stereocenters. The first-order chi connectivity index (χ1) is 11.6. The average Bonchev–Trinajstić information content (AvgIpc) is 2.68. The molecule has 1 amide bonds. The predicted octanol–water partition coefficient (Wildman–Crippen LogP) is 3.08. The summed E-state index contributed by atoms with van der Waals surface area (Å²) in [6, 6.07) is 3.60. The van der Waals surface area contributed by atoms with Crippen molar-refractivity contribution in [2.45, 2.75) is 51.6 Å². The van der Waals surface area contributed by atoms with Gasteiger partial charge in [0.1, 0.15) is 5.82 Å². The molecule has 25 heavy (non-hydrogen) atoms. The van der Waals surface area contributed by atoms with E-state index in [0.717, 1.165) is 24.1 Å². The van der Waals surface area contributed by atoms with Crippen LogP contribution < -0.4 is 22.1 Å². The van der Waals surface area contributed by atoms with Gasteiger partial charge in [0.15, 0.2) is 0 Å². The molecule has 1 aliphatic heterocycles. The summed E-state index contributed by atoms with van der Waals surface area (Å²) in [7, 11) is 0. The number of hydrogen-bond donors (Lipinski definition) is 4. The van der Waals surface area contributed by atoms with Gasteiger partial charge in [-0.1, -0.05) is 24.9 Å². The van der Waals surface area contributed by atoms with Gasteiger partial charge < -0.3 is 22.1 Å². The molecule has 0 saturated carbocycles. The van der Waals surface area contributed by atoms with Gasteiger partial charge in [0, 0.05) is 11.2 Å². The van der Waals surface area contributed by atoms with Crippen LogP contribution in [0.3, 0.4) is 0 Å². The number of nitrogens with two attached hydrogens (primary N) is 2. The monoisotopic (exact) mass is 363 g/mol. The molecule has 0 aliphatic carbocycles. The summed E-state index contributed by atoms with van der Waals surface area (Å²) in [5.74, 6) is 0.372. The van der Waals surface area contributed by atoms with E-state index in [4.69, 9.17) is 23.1 Å². The third-order valence-corrected chi connectivity index (χ3v) is 4.46. The van der Waals surface area contributed by atoms with Gasteiger partial charge in [0.05, 0.1) is 22.5 Å². The minimum Gasteiger partial charge on any atom is -0.390 e. The summed E-state index contributed by atoms with van der Waals surface area (Å²) < 4.78 is 0. The van der Waals surface area contributed by atoms with Gasteiger partial charge in [-0.25, -0.2) is 4.99 Å². The molecule has 0 radical (unpaired) electrons. The first-order valence-electron chi connectivity index (χ1n) is 8.29. The van der Waals surface area contributed by atoms with E-state index < -0.39 is 11.1 Å². The molecule has 1 heterocycles. The maximum atomic E-state index is 12.1. The van der Waals surface area contributed by atoms with Crippen molar-refractivity contribution in [3.05, 3.63) is 40.2 Å². The normalized spacial score (nSPS) is 18.8. The second-order valence-electron chi connectivity index (χ2n) is 7.15. The van der Waals surface area contributed by atoms with E-state index >= 15 is 0 Å². The Labute approximate surface area is 153 Å². The molecule has 0 aromatic heterocycles. The highest BCUT2D eigenvalue weighted by atomic mass is 35.5. The molecule has 6 nitrogen and oxygen atoms in total. The number of benzene rings is 1. The molecule has 0 spiro atoms. The Balaban J connectivity index is 2.41. The van der Waals surface area contributed by atoms with Crippen molar-refractivity contribution in [1.82, 2.24) is 5.32 Å². The van der Waals surface area contributed by atoms with Crippen molar-refractivity contribution in [1.29, 1.82) is 0 Å². The molecule has 2 rings (SSSR count). The lowest BCUT2D eigenvalue weighted by Gasteiger charge is -2.22. The number of halogens is 1. The molecule has 1 unspecified atom stereocenters. The molecule has 0 bridgehead atoms. The lowest BCUT2D eigenvalue weighted by molar-refractivity contribution is 0.0940. The van der Waals surface area contributed by atoms with Gasteiger partial charge >= 0.3 is 0 Å². The third kappa shape index (κ3) is 4.32. The van der Waals surface area contributed by atoms with Crippen LogP contribution in [-0.2, 0) is 5.54 Å². The van der Waals surface area contributed by atoms with E-state index in [0.29, 0.717) is 16.4 Å². The van der Waals surface area contributed by atoms with Crippen molar-refractivity contribution in [3.8, 4) is 0 Å². The number of rotatable bonds is 6. The van der Waals surface area contributed by atoms with Crippen LogP contribution in [0.25, 0.3) is 0 Å². The van der Waals surface area contributed by atoms with Crippen molar-refractivity contribution < 1.29 is 4.79 Å². The fourth-order valence-electron chi connectivity index (χ4n) is 3.07. The number of carbonyl (C=O) groups is 1. The van der Waals surface area contributed by atoms with Gasteiger partial charge in [0.2, 0.25) is 0 Å². The zero-order chi connectivity index (χ0) is 18.8. The van der Waals surface area contributed by atoms with E-state index in [1.165, 1.54) is 6.34 Å². The Morgan fingerprint density at radius 3 is 2.76 bits per heavy atom. The molecular formula is C18H26ClN5O. The van der Waals surface area contributed by atoms with Crippen LogP contribution in [0.2, 0.25) is 5.02 Å². The predicted molar refractivity (Wildman–Crippen MR) is 104 cm³/mol. The standard InChI is InChI=1S/C18H26ClN5O/c1-5-6-18(4,21)9-14(22-10-20)23-11-7-12-15(13(19)8-11)16(25)24-17(12,2)3/h7-10,23H,5-6,21H2,1-4H3,(H2,20,22)(H,24,25)/b14-9+. The molecule has 6 N–H and O–H groups in total. The van der Waals surface area contributed by atoms with Crippen LogP contribution in [0, 0.1) is 0 Å². The quantitative estimate of drug-likeness (QED) is 0.460. The number of carbonyl (C=O) groups excluding carboxylic acids is 1. The van der Waals surface area contributed by atoms with Crippen molar-refractivity contribution >= 4 is 29.5 Å². The maximum absolute atomic E-state index is 12.1. The van der Waals surface area contributed by atoms with Crippen LogP contribution in [0.1, 0.15) is 56.5 Å². The lowest BCUT2D eigenvalue weighted by Crippen LogP contribution is -2.34. The third-order valence-electron chi connectivity index (χ3n) is 4.16. The molecule has 0 saturated heterocycles. The number of fused-ring (bicyclic) bond motifs is 1. The summed E-state index contributed by atoms with van der Waals surface area (Å²) >= 11 is 6.33. The summed E-state index contributed by atoms with van der Waals surface area (Å²) in [5, 5.41) is 6.51. The fraction of sp³-hybridized carbons (Fsp3) is 0.444. The number of amides is 1. The molecule has 1 aromatic rings. The minimum absolute atomic E-state index is 0.162. The number of nitrogens with one attached hydrogen (secondary N) is 2. The molecule has 136 valence electrons. The maximum Gasteiger partial charge on any atom is 0.253 e. The zero-order valence-corrected chi connectivity index (χ0v) is 15.9. The Bertz CT molecular complexity index is 737. The number of hydrogen-bond acceptors (Lipinski definition) is 4. The van der Waals surface area contributed by atoms with Crippen LogP contribution in [-0.4, -0.2) is 17.8 Å². The minimum atomic E-state index is -0.513. The van der Waals surface area contributed by atoms with E-state index in [9.17, 15) is 4.79 Å². The molecule has 7 heteroatoms. The Kier molecular flexibility index (Phi) is 5.44. The first kappa shape index (κ1) is 19.3. The van der Waals surface area contributed by atoms with Crippen molar-refractivity contribution in [3.63, 3.8) is 0 Å². The Morgan fingerprint density at radius 1 is 1.48 bits per heavy atom. The van der Waals surface area contributed by atoms with Gasteiger partial charge in [-0.3, -0.25) is 4.79 Å². The molecule has 0 fully saturated rings. The molecular weight excluding hydrogens is 338 g/mol. The van der Waals surface area contributed by atoms with Crippen LogP contribution in [0.4, 0.5) is 5.69 Å². The highest BCUT2D eigenvalue weighted by Gasteiger charge is 2.37. The molecule has 1 aromatic carbocycles. The van der Waals surface area contributed by atoms with E-state index in [2.05, 4.69) is 22.5 Å². The first-order valence-corrected chi connectivity index (χ1v) is 8.67. The topological polar surface area (TPSA) is 106 Å². The fourth-order valence-corrected chi connectivity index (χ4v) is 3.38.